The Bertz CT molecular complexity index is 632. The average molecular weight is 298 g/mol. The SMILES string of the molecule is CCc1nc(Cl)c(C)c(NCc2ccc(F)cc2F)n1. The maximum atomic E-state index is 13.5. The zero-order chi connectivity index (χ0) is 14.7. The van der Waals surface area contributed by atoms with Gasteiger partial charge in [-0.05, 0) is 13.0 Å². The van der Waals surface area contributed by atoms with Gasteiger partial charge in [0.15, 0.2) is 0 Å². The number of nitrogens with one attached hydrogen (secondary N) is 1. The van der Waals surface area contributed by atoms with E-state index in [0.717, 1.165) is 6.07 Å². The Morgan fingerprint density at radius 2 is 2.00 bits per heavy atom. The van der Waals surface area contributed by atoms with Crippen molar-refractivity contribution in [1.29, 1.82) is 0 Å². The lowest BCUT2D eigenvalue weighted by Gasteiger charge is -2.11. The summed E-state index contributed by atoms with van der Waals surface area (Å²) in [4.78, 5) is 8.44. The molecule has 0 spiro atoms. The van der Waals surface area contributed by atoms with E-state index in [1.54, 1.807) is 6.92 Å². The summed E-state index contributed by atoms with van der Waals surface area (Å²) in [6, 6.07) is 3.47. The first-order valence-corrected chi connectivity index (χ1v) is 6.60. The van der Waals surface area contributed by atoms with Crippen LogP contribution in [0.25, 0.3) is 0 Å². The summed E-state index contributed by atoms with van der Waals surface area (Å²) < 4.78 is 26.4. The van der Waals surface area contributed by atoms with Crippen molar-refractivity contribution in [3.05, 3.63) is 51.9 Å². The maximum Gasteiger partial charge on any atom is 0.137 e. The van der Waals surface area contributed by atoms with Crippen molar-refractivity contribution in [1.82, 2.24) is 9.97 Å². The predicted octanol–water partition coefficient (Wildman–Crippen LogP) is 3.89. The Morgan fingerprint density at radius 1 is 1.25 bits per heavy atom. The minimum atomic E-state index is -0.596. The second-order valence-corrected chi connectivity index (χ2v) is 4.71. The van der Waals surface area contributed by atoms with E-state index in [1.165, 1.54) is 12.1 Å². The summed E-state index contributed by atoms with van der Waals surface area (Å²) in [5.74, 6) is -0.0138. The number of hydrogen-bond acceptors (Lipinski definition) is 3. The topological polar surface area (TPSA) is 37.8 Å². The molecular weight excluding hydrogens is 284 g/mol. The van der Waals surface area contributed by atoms with E-state index in [9.17, 15) is 8.78 Å². The van der Waals surface area contributed by atoms with Crippen LogP contribution in [-0.4, -0.2) is 9.97 Å². The van der Waals surface area contributed by atoms with E-state index < -0.39 is 11.6 Å². The van der Waals surface area contributed by atoms with Crippen molar-refractivity contribution in [2.24, 2.45) is 0 Å². The molecule has 0 fully saturated rings. The molecule has 0 aliphatic rings. The minimum Gasteiger partial charge on any atom is -0.366 e. The quantitative estimate of drug-likeness (QED) is 0.870. The number of anilines is 1. The molecule has 1 N–H and O–H groups in total. The molecule has 0 unspecified atom stereocenters. The summed E-state index contributed by atoms with van der Waals surface area (Å²) in [5, 5.41) is 3.38. The molecule has 0 aliphatic heterocycles. The molecule has 0 saturated carbocycles. The Balaban J connectivity index is 2.20. The number of rotatable bonds is 4. The van der Waals surface area contributed by atoms with Crippen LogP contribution in [0.3, 0.4) is 0 Å². The molecule has 1 aromatic heterocycles. The van der Waals surface area contributed by atoms with Crippen molar-refractivity contribution in [2.75, 3.05) is 5.32 Å². The highest BCUT2D eigenvalue weighted by Crippen LogP contribution is 2.21. The van der Waals surface area contributed by atoms with Crippen LogP contribution in [0.4, 0.5) is 14.6 Å². The lowest BCUT2D eigenvalue weighted by Crippen LogP contribution is -2.08. The Hall–Kier alpha value is -1.75. The maximum absolute atomic E-state index is 13.5. The van der Waals surface area contributed by atoms with Gasteiger partial charge in [-0.1, -0.05) is 24.6 Å². The third-order valence-corrected chi connectivity index (χ3v) is 3.28. The van der Waals surface area contributed by atoms with Crippen molar-refractivity contribution in [3.63, 3.8) is 0 Å². The van der Waals surface area contributed by atoms with Crippen LogP contribution < -0.4 is 5.32 Å². The van der Waals surface area contributed by atoms with E-state index in [0.29, 0.717) is 34.3 Å². The lowest BCUT2D eigenvalue weighted by atomic mass is 10.2. The summed E-state index contributed by atoms with van der Waals surface area (Å²) in [6.45, 7) is 3.90. The number of aromatic nitrogens is 2. The average Bonchev–Trinajstić information content (AvgIpc) is 2.41. The Kier molecular flexibility index (Phi) is 4.49. The van der Waals surface area contributed by atoms with Gasteiger partial charge in [0.05, 0.1) is 0 Å². The summed E-state index contributed by atoms with van der Waals surface area (Å²) in [5.41, 5.74) is 1.06. The molecule has 0 radical (unpaired) electrons. The monoisotopic (exact) mass is 297 g/mol. The third-order valence-electron chi connectivity index (χ3n) is 2.91. The van der Waals surface area contributed by atoms with Gasteiger partial charge in [-0.3, -0.25) is 0 Å². The summed E-state index contributed by atoms with van der Waals surface area (Å²) >= 11 is 6.02. The van der Waals surface area contributed by atoms with Crippen molar-refractivity contribution in [2.45, 2.75) is 26.8 Å². The van der Waals surface area contributed by atoms with Crippen LogP contribution >= 0.6 is 11.6 Å². The van der Waals surface area contributed by atoms with Crippen LogP contribution in [0.5, 0.6) is 0 Å². The Morgan fingerprint density at radius 3 is 2.65 bits per heavy atom. The van der Waals surface area contributed by atoms with E-state index in [4.69, 9.17) is 11.6 Å². The van der Waals surface area contributed by atoms with E-state index >= 15 is 0 Å². The van der Waals surface area contributed by atoms with Gasteiger partial charge in [-0.2, -0.15) is 0 Å². The van der Waals surface area contributed by atoms with Crippen LogP contribution in [0.1, 0.15) is 23.9 Å². The van der Waals surface area contributed by atoms with Crippen LogP contribution in [-0.2, 0) is 13.0 Å². The fourth-order valence-corrected chi connectivity index (χ4v) is 1.89. The second-order valence-electron chi connectivity index (χ2n) is 4.35. The normalized spacial score (nSPS) is 10.7. The van der Waals surface area contributed by atoms with Crippen molar-refractivity contribution < 1.29 is 8.78 Å². The summed E-state index contributed by atoms with van der Waals surface area (Å²) in [6.07, 6.45) is 0.652. The number of nitrogens with zero attached hydrogens (tertiary/aromatic N) is 2. The first kappa shape index (κ1) is 14.7. The second kappa shape index (κ2) is 6.13. The van der Waals surface area contributed by atoms with Crippen LogP contribution in [0.2, 0.25) is 5.15 Å². The first-order valence-electron chi connectivity index (χ1n) is 6.22. The zero-order valence-electron chi connectivity index (χ0n) is 11.2. The lowest BCUT2D eigenvalue weighted by molar-refractivity contribution is 0.574. The number of halogens is 3. The minimum absolute atomic E-state index is 0.198. The van der Waals surface area contributed by atoms with E-state index in [-0.39, 0.29) is 6.54 Å². The van der Waals surface area contributed by atoms with Crippen molar-refractivity contribution >= 4 is 17.4 Å². The van der Waals surface area contributed by atoms with Gasteiger partial charge in [0.25, 0.3) is 0 Å². The first-order chi connectivity index (χ1) is 9.51. The predicted molar refractivity (Wildman–Crippen MR) is 74.8 cm³/mol. The highest BCUT2D eigenvalue weighted by atomic mass is 35.5. The zero-order valence-corrected chi connectivity index (χ0v) is 11.9. The van der Waals surface area contributed by atoms with Gasteiger partial charge in [0, 0.05) is 30.2 Å². The number of hydrogen-bond donors (Lipinski definition) is 1. The summed E-state index contributed by atoms with van der Waals surface area (Å²) in [7, 11) is 0. The van der Waals surface area contributed by atoms with Crippen LogP contribution in [0, 0.1) is 18.6 Å². The van der Waals surface area contributed by atoms with Crippen molar-refractivity contribution in [3.8, 4) is 0 Å². The molecule has 0 amide bonds. The van der Waals surface area contributed by atoms with Gasteiger partial charge in [0.2, 0.25) is 0 Å². The molecule has 106 valence electrons. The van der Waals surface area contributed by atoms with Gasteiger partial charge in [-0.25, -0.2) is 18.7 Å². The van der Waals surface area contributed by atoms with Gasteiger partial charge in [-0.15, -0.1) is 0 Å². The molecule has 0 aliphatic carbocycles. The fourth-order valence-electron chi connectivity index (χ4n) is 1.71. The molecule has 3 nitrogen and oxygen atoms in total. The highest BCUT2D eigenvalue weighted by Gasteiger charge is 2.10. The van der Waals surface area contributed by atoms with E-state index in [2.05, 4.69) is 15.3 Å². The molecule has 20 heavy (non-hydrogen) atoms. The number of benzene rings is 1. The fraction of sp³-hybridized carbons (Fsp3) is 0.286. The molecular formula is C14H14ClF2N3. The molecule has 1 heterocycles. The largest absolute Gasteiger partial charge is 0.366 e. The molecule has 1 aromatic carbocycles. The number of aryl methyl sites for hydroxylation is 1. The van der Waals surface area contributed by atoms with Gasteiger partial charge >= 0.3 is 0 Å². The Labute approximate surface area is 121 Å². The molecule has 2 rings (SSSR count). The molecule has 6 heteroatoms. The van der Waals surface area contributed by atoms with Gasteiger partial charge in [0.1, 0.15) is 28.4 Å². The smallest absolute Gasteiger partial charge is 0.137 e. The van der Waals surface area contributed by atoms with Crippen LogP contribution in [0.15, 0.2) is 18.2 Å². The molecule has 0 bridgehead atoms. The molecule has 0 atom stereocenters. The molecule has 2 aromatic rings. The highest BCUT2D eigenvalue weighted by molar-refractivity contribution is 6.30. The standard InChI is InChI=1S/C14H14ClF2N3/c1-3-12-19-13(15)8(2)14(20-12)18-7-9-4-5-10(16)6-11(9)17/h4-6H,3,7H2,1-2H3,(H,18,19,20). The third kappa shape index (κ3) is 3.22. The van der Waals surface area contributed by atoms with E-state index in [1.807, 2.05) is 6.92 Å². The van der Waals surface area contributed by atoms with Gasteiger partial charge < -0.3 is 5.32 Å². The molecule has 0 saturated heterocycles.